The smallest absolute Gasteiger partial charge is 0.407 e. The number of amides is 1. The number of carbonyl (C=O) groups is 2. The minimum absolute atomic E-state index is 0.00199. The van der Waals surface area contributed by atoms with Crippen LogP contribution in [0.1, 0.15) is 45.5 Å². The highest BCUT2D eigenvalue weighted by atomic mass is 16.5. The molecule has 2 unspecified atom stereocenters. The van der Waals surface area contributed by atoms with Gasteiger partial charge in [0.05, 0.1) is 6.10 Å². The number of carbonyl (C=O) groups excluding carboxylic acids is 2. The van der Waals surface area contributed by atoms with Gasteiger partial charge in [-0.1, -0.05) is 60.7 Å². The molecule has 2 atom stereocenters. The Balaban J connectivity index is 1.31. The largest absolute Gasteiger partial charge is 0.508 e. The van der Waals surface area contributed by atoms with Gasteiger partial charge < -0.3 is 25.4 Å². The lowest BCUT2D eigenvalue weighted by Crippen LogP contribution is -2.31. The van der Waals surface area contributed by atoms with Gasteiger partial charge >= 0.3 is 6.09 Å². The lowest BCUT2D eigenvalue weighted by atomic mass is 9.96. The van der Waals surface area contributed by atoms with Crippen molar-refractivity contribution < 1.29 is 29.6 Å². The van der Waals surface area contributed by atoms with Crippen LogP contribution < -0.4 is 5.32 Å². The van der Waals surface area contributed by atoms with Crippen LogP contribution in [0.2, 0.25) is 0 Å². The van der Waals surface area contributed by atoms with Gasteiger partial charge in [-0.3, -0.25) is 4.79 Å². The molecule has 0 saturated heterocycles. The van der Waals surface area contributed by atoms with Crippen molar-refractivity contribution in [1.82, 2.24) is 5.32 Å². The topological polar surface area (TPSA) is 116 Å². The summed E-state index contributed by atoms with van der Waals surface area (Å²) in [7, 11) is 0. The Kier molecular flexibility index (Phi) is 6.72. The molecule has 4 rings (SSSR count). The molecule has 0 spiro atoms. The van der Waals surface area contributed by atoms with Gasteiger partial charge in [0.15, 0.2) is 6.29 Å². The number of aromatic hydroxyl groups is 1. The van der Waals surface area contributed by atoms with Crippen molar-refractivity contribution in [3.8, 4) is 16.9 Å². The van der Waals surface area contributed by atoms with Gasteiger partial charge in [-0.25, -0.2) is 4.79 Å². The first-order chi connectivity index (χ1) is 16.0. The average Bonchev–Trinajstić information content (AvgIpc) is 3.15. The van der Waals surface area contributed by atoms with E-state index in [1.807, 2.05) is 36.4 Å². The third kappa shape index (κ3) is 4.60. The number of hydrogen-bond acceptors (Lipinski definition) is 6. The Bertz CT molecular complexity index is 1120. The molecule has 7 nitrogen and oxygen atoms in total. The van der Waals surface area contributed by atoms with E-state index in [2.05, 4.69) is 17.4 Å². The first kappa shape index (κ1) is 22.5. The maximum atomic E-state index is 12.2. The quantitative estimate of drug-likeness (QED) is 0.393. The molecule has 0 saturated carbocycles. The molecule has 33 heavy (non-hydrogen) atoms. The predicted molar refractivity (Wildman–Crippen MR) is 122 cm³/mol. The number of alkyl carbamates (subject to hydrolysis) is 1. The van der Waals surface area contributed by atoms with Crippen LogP contribution in [-0.4, -0.2) is 47.0 Å². The molecule has 3 aromatic carbocycles. The Morgan fingerprint density at radius 1 is 0.970 bits per heavy atom. The summed E-state index contributed by atoms with van der Waals surface area (Å²) < 4.78 is 5.44. The second kappa shape index (κ2) is 9.85. The van der Waals surface area contributed by atoms with Gasteiger partial charge in [-0.2, -0.15) is 0 Å². The van der Waals surface area contributed by atoms with Gasteiger partial charge in [0, 0.05) is 23.6 Å². The number of aldehydes is 1. The van der Waals surface area contributed by atoms with E-state index in [1.165, 1.54) is 18.2 Å². The molecule has 0 aliphatic heterocycles. The van der Waals surface area contributed by atoms with E-state index in [0.717, 1.165) is 22.3 Å². The van der Waals surface area contributed by atoms with E-state index in [1.54, 1.807) is 0 Å². The number of ether oxygens (including phenoxy) is 1. The Labute approximate surface area is 191 Å². The van der Waals surface area contributed by atoms with Crippen LogP contribution in [0.3, 0.4) is 0 Å². The lowest BCUT2D eigenvalue weighted by Gasteiger charge is -2.20. The standard InChI is InChI=1S/C26H25NO6/c28-14-16-6-5-11-22(29)24(16)25(31)23(30)12-13-27-26(32)33-15-21-19-9-3-1-7-17(19)18-8-2-4-10-20(18)21/h1-11,14,21,23,25,29-31H,12-13,15H2,(H,27,32). The van der Waals surface area contributed by atoms with Gasteiger partial charge in [-0.05, 0) is 34.7 Å². The molecule has 7 heteroatoms. The van der Waals surface area contributed by atoms with Crippen LogP contribution in [0.15, 0.2) is 66.7 Å². The van der Waals surface area contributed by atoms with Crippen LogP contribution in [0.5, 0.6) is 5.75 Å². The molecule has 1 aliphatic rings. The van der Waals surface area contributed by atoms with Gasteiger partial charge in [-0.15, -0.1) is 0 Å². The van der Waals surface area contributed by atoms with Crippen LogP contribution in [0.4, 0.5) is 4.79 Å². The highest BCUT2D eigenvalue weighted by Gasteiger charge is 2.29. The maximum Gasteiger partial charge on any atom is 0.407 e. The van der Waals surface area contributed by atoms with Gasteiger partial charge in [0.2, 0.25) is 0 Å². The summed E-state index contributed by atoms with van der Waals surface area (Å²) in [6.45, 7) is 0.213. The minimum Gasteiger partial charge on any atom is -0.508 e. The fourth-order valence-corrected chi connectivity index (χ4v) is 4.32. The van der Waals surface area contributed by atoms with Crippen LogP contribution >= 0.6 is 0 Å². The average molecular weight is 447 g/mol. The lowest BCUT2D eigenvalue weighted by molar-refractivity contribution is 0.0120. The Morgan fingerprint density at radius 3 is 2.24 bits per heavy atom. The van der Waals surface area contributed by atoms with E-state index in [0.29, 0.717) is 6.29 Å². The van der Waals surface area contributed by atoms with E-state index in [4.69, 9.17) is 4.74 Å². The molecule has 4 N–H and O–H groups in total. The summed E-state index contributed by atoms with van der Waals surface area (Å²) in [5, 5.41) is 33.2. The summed E-state index contributed by atoms with van der Waals surface area (Å²) in [6.07, 6.45) is -2.91. The number of rotatable bonds is 8. The molecule has 0 bridgehead atoms. The van der Waals surface area contributed by atoms with Gasteiger partial charge in [0.1, 0.15) is 18.5 Å². The zero-order valence-electron chi connectivity index (χ0n) is 17.8. The van der Waals surface area contributed by atoms with Crippen molar-refractivity contribution in [1.29, 1.82) is 0 Å². The second-order valence-electron chi connectivity index (χ2n) is 7.95. The number of aliphatic hydroxyl groups excluding tert-OH is 2. The van der Waals surface area contributed by atoms with Crippen LogP contribution in [-0.2, 0) is 4.74 Å². The molecule has 0 radical (unpaired) electrons. The third-order valence-electron chi connectivity index (χ3n) is 5.96. The van der Waals surface area contributed by atoms with Crippen molar-refractivity contribution in [2.75, 3.05) is 13.2 Å². The van der Waals surface area contributed by atoms with E-state index in [9.17, 15) is 24.9 Å². The highest BCUT2D eigenvalue weighted by molar-refractivity contribution is 5.79. The van der Waals surface area contributed by atoms with E-state index < -0.39 is 18.3 Å². The SMILES string of the molecule is O=Cc1cccc(O)c1C(O)C(O)CCNC(=O)OCC1c2ccccc2-c2ccccc21. The molecule has 0 aromatic heterocycles. The van der Waals surface area contributed by atoms with E-state index >= 15 is 0 Å². The number of nitrogens with one attached hydrogen (secondary N) is 1. The van der Waals surface area contributed by atoms with Crippen LogP contribution in [0, 0.1) is 0 Å². The number of benzene rings is 3. The van der Waals surface area contributed by atoms with Crippen LogP contribution in [0.25, 0.3) is 11.1 Å². The fourth-order valence-electron chi connectivity index (χ4n) is 4.32. The number of phenols is 1. The molecular formula is C26H25NO6. The third-order valence-corrected chi connectivity index (χ3v) is 5.96. The van der Waals surface area contributed by atoms with Crippen molar-refractivity contribution in [3.63, 3.8) is 0 Å². The second-order valence-corrected chi connectivity index (χ2v) is 7.95. The zero-order valence-corrected chi connectivity index (χ0v) is 17.8. The summed E-state index contributed by atoms with van der Waals surface area (Å²) in [5.41, 5.74) is 4.54. The van der Waals surface area contributed by atoms with Crippen molar-refractivity contribution >= 4 is 12.4 Å². The summed E-state index contributed by atoms with van der Waals surface area (Å²) in [5.74, 6) is -0.339. The number of phenolic OH excluding ortho intramolecular Hbond substituents is 1. The molecule has 3 aromatic rings. The minimum atomic E-state index is -1.48. The Morgan fingerprint density at radius 2 is 1.61 bits per heavy atom. The summed E-state index contributed by atoms with van der Waals surface area (Å²) in [6, 6.07) is 20.3. The molecule has 1 aliphatic carbocycles. The summed E-state index contributed by atoms with van der Waals surface area (Å²) in [4.78, 5) is 23.4. The summed E-state index contributed by atoms with van der Waals surface area (Å²) >= 11 is 0. The monoisotopic (exact) mass is 447 g/mol. The van der Waals surface area contributed by atoms with Crippen molar-refractivity contribution in [3.05, 3.63) is 89.0 Å². The fraction of sp³-hybridized carbons (Fsp3) is 0.231. The zero-order chi connectivity index (χ0) is 23.4. The van der Waals surface area contributed by atoms with E-state index in [-0.39, 0.29) is 42.4 Å². The normalized spacial score (nSPS) is 14.1. The first-order valence-electron chi connectivity index (χ1n) is 10.7. The molecule has 0 fully saturated rings. The maximum absolute atomic E-state index is 12.2. The first-order valence-corrected chi connectivity index (χ1v) is 10.7. The van der Waals surface area contributed by atoms with Crippen molar-refractivity contribution in [2.45, 2.75) is 24.5 Å². The molecule has 0 heterocycles. The molecule has 170 valence electrons. The van der Waals surface area contributed by atoms with Gasteiger partial charge in [0.25, 0.3) is 0 Å². The number of fused-ring (bicyclic) bond motifs is 3. The Hall–Kier alpha value is -3.68. The highest BCUT2D eigenvalue weighted by Crippen LogP contribution is 2.44. The molecular weight excluding hydrogens is 422 g/mol. The number of aliphatic hydroxyl groups is 2. The number of hydrogen-bond donors (Lipinski definition) is 4. The molecule has 1 amide bonds. The predicted octanol–water partition coefficient (Wildman–Crippen LogP) is 3.53. The van der Waals surface area contributed by atoms with Crippen molar-refractivity contribution in [2.24, 2.45) is 0 Å².